The van der Waals surface area contributed by atoms with Gasteiger partial charge in [0.2, 0.25) is 5.90 Å². The maximum absolute atomic E-state index is 12.9. The lowest BCUT2D eigenvalue weighted by Gasteiger charge is -1.99. The van der Waals surface area contributed by atoms with Crippen LogP contribution in [0.2, 0.25) is 0 Å². The van der Waals surface area contributed by atoms with Crippen LogP contribution in [0.1, 0.15) is 11.1 Å². The van der Waals surface area contributed by atoms with Crippen LogP contribution in [0.25, 0.3) is 6.08 Å². The number of aliphatic imine (C=N–C) groups is 1. The van der Waals surface area contributed by atoms with Crippen molar-refractivity contribution in [2.75, 3.05) is 0 Å². The second-order valence-corrected chi connectivity index (χ2v) is 5.70. The van der Waals surface area contributed by atoms with Crippen molar-refractivity contribution in [2.45, 2.75) is 6.42 Å². The molecule has 0 radical (unpaired) electrons. The highest BCUT2D eigenvalue weighted by Gasteiger charge is 2.22. The van der Waals surface area contributed by atoms with Crippen LogP contribution in [0.15, 0.2) is 63.7 Å². The van der Waals surface area contributed by atoms with E-state index in [4.69, 9.17) is 4.74 Å². The average molecular weight is 360 g/mol. The summed E-state index contributed by atoms with van der Waals surface area (Å²) in [6.07, 6.45) is 2.02. The second kappa shape index (κ2) is 6.23. The molecule has 2 aromatic carbocycles. The van der Waals surface area contributed by atoms with E-state index >= 15 is 0 Å². The molecule has 0 atom stereocenters. The summed E-state index contributed by atoms with van der Waals surface area (Å²) in [4.78, 5) is 16.1. The molecular formula is C17H11BrFNO2. The van der Waals surface area contributed by atoms with Gasteiger partial charge in [0.1, 0.15) is 5.82 Å². The van der Waals surface area contributed by atoms with Gasteiger partial charge in [-0.3, -0.25) is 0 Å². The molecule has 0 spiro atoms. The molecule has 3 rings (SSSR count). The Hall–Kier alpha value is -2.27. The summed E-state index contributed by atoms with van der Waals surface area (Å²) in [5, 5.41) is 0. The van der Waals surface area contributed by atoms with Crippen LogP contribution in [-0.2, 0) is 16.0 Å². The largest absolute Gasteiger partial charge is 0.406 e. The summed E-state index contributed by atoms with van der Waals surface area (Å²) in [7, 11) is 0. The number of carbonyl (C=O) groups excluding carboxylic acids is 1. The Morgan fingerprint density at radius 1 is 1.18 bits per heavy atom. The SMILES string of the molecule is O=C1OC(Cc2ccc(F)cc2)=N/C1=C/c1cccc(Br)c1. The van der Waals surface area contributed by atoms with Crippen LogP contribution in [-0.4, -0.2) is 11.9 Å². The summed E-state index contributed by atoms with van der Waals surface area (Å²) >= 11 is 3.38. The zero-order valence-electron chi connectivity index (χ0n) is 11.4. The van der Waals surface area contributed by atoms with Crippen LogP contribution < -0.4 is 0 Å². The van der Waals surface area contributed by atoms with Gasteiger partial charge in [-0.1, -0.05) is 40.2 Å². The lowest BCUT2D eigenvalue weighted by molar-refractivity contribution is -0.130. The van der Waals surface area contributed by atoms with Crippen molar-refractivity contribution >= 4 is 33.9 Å². The molecule has 5 heteroatoms. The fraction of sp³-hybridized carbons (Fsp3) is 0.0588. The Kier molecular flexibility index (Phi) is 4.15. The van der Waals surface area contributed by atoms with E-state index < -0.39 is 5.97 Å². The number of hydrogen-bond donors (Lipinski definition) is 0. The van der Waals surface area contributed by atoms with Gasteiger partial charge in [0.15, 0.2) is 5.70 Å². The van der Waals surface area contributed by atoms with Gasteiger partial charge in [-0.05, 0) is 41.5 Å². The molecule has 1 aliphatic heterocycles. The van der Waals surface area contributed by atoms with Gasteiger partial charge in [-0.15, -0.1) is 0 Å². The molecule has 0 bridgehead atoms. The minimum atomic E-state index is -0.475. The predicted octanol–water partition coefficient (Wildman–Crippen LogP) is 4.13. The van der Waals surface area contributed by atoms with E-state index in [0.29, 0.717) is 12.3 Å². The van der Waals surface area contributed by atoms with Crippen molar-refractivity contribution in [2.24, 2.45) is 4.99 Å². The Labute approximate surface area is 135 Å². The number of benzene rings is 2. The maximum Gasteiger partial charge on any atom is 0.363 e. The van der Waals surface area contributed by atoms with Crippen molar-refractivity contribution in [3.8, 4) is 0 Å². The number of rotatable bonds is 3. The standard InChI is InChI=1S/C17H11BrFNO2/c18-13-3-1-2-12(8-13)9-15-17(21)22-16(20-15)10-11-4-6-14(19)7-5-11/h1-9H,10H2/b15-9+. The van der Waals surface area contributed by atoms with Crippen molar-refractivity contribution in [3.63, 3.8) is 0 Å². The van der Waals surface area contributed by atoms with Crippen LogP contribution in [0.4, 0.5) is 4.39 Å². The van der Waals surface area contributed by atoms with Crippen LogP contribution in [0.3, 0.4) is 0 Å². The quantitative estimate of drug-likeness (QED) is 0.610. The van der Waals surface area contributed by atoms with Crippen molar-refractivity contribution in [3.05, 3.63) is 75.6 Å². The van der Waals surface area contributed by atoms with Gasteiger partial charge in [-0.25, -0.2) is 14.2 Å². The molecule has 0 aromatic heterocycles. The molecule has 110 valence electrons. The number of cyclic esters (lactones) is 1. The molecule has 0 N–H and O–H groups in total. The minimum Gasteiger partial charge on any atom is -0.406 e. The Morgan fingerprint density at radius 3 is 2.68 bits per heavy atom. The predicted molar refractivity (Wildman–Crippen MR) is 85.8 cm³/mol. The molecule has 1 heterocycles. The van der Waals surface area contributed by atoms with E-state index in [9.17, 15) is 9.18 Å². The lowest BCUT2D eigenvalue weighted by atomic mass is 10.1. The van der Waals surface area contributed by atoms with Gasteiger partial charge in [0.05, 0.1) is 0 Å². The molecule has 2 aromatic rings. The molecule has 22 heavy (non-hydrogen) atoms. The number of hydrogen-bond acceptors (Lipinski definition) is 3. The molecule has 0 aliphatic carbocycles. The van der Waals surface area contributed by atoms with Crippen molar-refractivity contribution in [1.82, 2.24) is 0 Å². The number of nitrogens with zero attached hydrogens (tertiary/aromatic N) is 1. The first-order chi connectivity index (χ1) is 10.6. The highest BCUT2D eigenvalue weighted by atomic mass is 79.9. The number of ether oxygens (including phenoxy) is 1. The normalized spacial score (nSPS) is 15.8. The van der Waals surface area contributed by atoms with Crippen molar-refractivity contribution in [1.29, 1.82) is 0 Å². The molecule has 0 amide bonds. The van der Waals surface area contributed by atoms with E-state index in [-0.39, 0.29) is 11.5 Å². The number of halogens is 2. The first-order valence-electron chi connectivity index (χ1n) is 6.61. The maximum atomic E-state index is 12.9. The lowest BCUT2D eigenvalue weighted by Crippen LogP contribution is -2.06. The Bertz CT molecular complexity index is 782. The fourth-order valence-corrected chi connectivity index (χ4v) is 2.48. The third kappa shape index (κ3) is 3.49. The highest BCUT2D eigenvalue weighted by molar-refractivity contribution is 9.10. The zero-order chi connectivity index (χ0) is 15.5. The van der Waals surface area contributed by atoms with Gasteiger partial charge in [-0.2, -0.15) is 0 Å². The topological polar surface area (TPSA) is 38.7 Å². The molecular weight excluding hydrogens is 349 g/mol. The molecule has 0 fully saturated rings. The molecule has 1 aliphatic rings. The summed E-state index contributed by atoms with van der Waals surface area (Å²) in [6.45, 7) is 0. The Morgan fingerprint density at radius 2 is 1.95 bits per heavy atom. The fourth-order valence-electron chi connectivity index (χ4n) is 2.06. The number of esters is 1. The van der Waals surface area contributed by atoms with E-state index in [2.05, 4.69) is 20.9 Å². The monoisotopic (exact) mass is 359 g/mol. The highest BCUT2D eigenvalue weighted by Crippen LogP contribution is 2.19. The van der Waals surface area contributed by atoms with Crippen LogP contribution >= 0.6 is 15.9 Å². The van der Waals surface area contributed by atoms with Gasteiger partial charge >= 0.3 is 5.97 Å². The van der Waals surface area contributed by atoms with Crippen molar-refractivity contribution < 1.29 is 13.9 Å². The third-order valence-corrected chi connectivity index (χ3v) is 3.58. The van der Waals surface area contributed by atoms with E-state index in [1.165, 1.54) is 12.1 Å². The average Bonchev–Trinajstić information content (AvgIpc) is 2.81. The molecule has 3 nitrogen and oxygen atoms in total. The van der Waals surface area contributed by atoms with E-state index in [1.807, 2.05) is 24.3 Å². The molecule has 0 saturated heterocycles. The van der Waals surface area contributed by atoms with E-state index in [0.717, 1.165) is 15.6 Å². The molecule has 0 saturated carbocycles. The van der Waals surface area contributed by atoms with Gasteiger partial charge < -0.3 is 4.74 Å². The minimum absolute atomic E-state index is 0.259. The molecule has 0 unspecified atom stereocenters. The van der Waals surface area contributed by atoms with E-state index in [1.54, 1.807) is 18.2 Å². The number of carbonyl (C=O) groups is 1. The first-order valence-corrected chi connectivity index (χ1v) is 7.41. The first kappa shape index (κ1) is 14.7. The summed E-state index contributed by atoms with van der Waals surface area (Å²) in [6, 6.07) is 13.5. The smallest absolute Gasteiger partial charge is 0.363 e. The summed E-state index contributed by atoms with van der Waals surface area (Å²) in [5.74, 6) is -0.459. The summed E-state index contributed by atoms with van der Waals surface area (Å²) in [5.41, 5.74) is 1.94. The second-order valence-electron chi connectivity index (χ2n) is 4.78. The van der Waals surface area contributed by atoms with Crippen LogP contribution in [0, 0.1) is 5.82 Å². The third-order valence-electron chi connectivity index (χ3n) is 3.09. The summed E-state index contributed by atoms with van der Waals surface area (Å²) < 4.78 is 18.9. The van der Waals surface area contributed by atoms with Gasteiger partial charge in [0.25, 0.3) is 0 Å². The van der Waals surface area contributed by atoms with Crippen LogP contribution in [0.5, 0.6) is 0 Å². The van der Waals surface area contributed by atoms with Gasteiger partial charge in [0, 0.05) is 10.9 Å². The zero-order valence-corrected chi connectivity index (χ0v) is 13.0. The Balaban J connectivity index is 1.80.